The first-order chi connectivity index (χ1) is 9.68. The average Bonchev–Trinajstić information content (AvgIpc) is 2.79. The van der Waals surface area contributed by atoms with Crippen molar-refractivity contribution in [3.8, 4) is 0 Å². The topological polar surface area (TPSA) is 77.3 Å². The number of carbonyl (C=O) groups excluding carboxylic acids is 2. The number of esters is 1. The number of alkyl halides is 3. The van der Waals surface area contributed by atoms with Gasteiger partial charge in [-0.25, -0.2) is 9.48 Å². The van der Waals surface area contributed by atoms with E-state index >= 15 is 0 Å². The van der Waals surface area contributed by atoms with Crippen LogP contribution in [-0.2, 0) is 22.3 Å². The summed E-state index contributed by atoms with van der Waals surface area (Å²) in [5.41, 5.74) is -2.21. The van der Waals surface area contributed by atoms with Crippen LogP contribution in [0.3, 0.4) is 0 Å². The zero-order valence-corrected chi connectivity index (χ0v) is 11.8. The molecule has 0 radical (unpaired) electrons. The zero-order chi connectivity index (χ0) is 16.2. The van der Waals surface area contributed by atoms with Crippen molar-refractivity contribution >= 4 is 11.9 Å². The van der Waals surface area contributed by atoms with Crippen LogP contribution in [0.2, 0.25) is 0 Å². The summed E-state index contributed by atoms with van der Waals surface area (Å²) in [5.74, 6) is -1.56. The van der Waals surface area contributed by atoms with Crippen molar-refractivity contribution in [3.63, 3.8) is 0 Å². The molecule has 0 unspecified atom stereocenters. The molecule has 0 fully saturated rings. The number of aryl methyl sites for hydroxylation is 1. The maximum Gasteiger partial charge on any atom is 0.435 e. The average molecular weight is 308 g/mol. The fourth-order valence-electron chi connectivity index (χ4n) is 1.51. The minimum atomic E-state index is -4.83. The SMILES string of the molecule is CCOC(=O)c1nnn(CCC(=O)N(C)C)c1C(F)(F)F. The van der Waals surface area contributed by atoms with Gasteiger partial charge in [0.2, 0.25) is 11.6 Å². The Balaban J connectivity index is 3.05. The summed E-state index contributed by atoms with van der Waals surface area (Å²) in [6, 6.07) is 0. The van der Waals surface area contributed by atoms with Gasteiger partial charge in [-0.3, -0.25) is 4.79 Å². The third-order valence-corrected chi connectivity index (χ3v) is 2.51. The molecule has 118 valence electrons. The Bertz CT molecular complexity index is 525. The molecule has 1 heterocycles. The molecular formula is C11H15F3N4O3. The van der Waals surface area contributed by atoms with Gasteiger partial charge in [-0.05, 0) is 6.92 Å². The lowest BCUT2D eigenvalue weighted by Crippen LogP contribution is -2.25. The first-order valence-electron chi connectivity index (χ1n) is 6.06. The van der Waals surface area contributed by atoms with Crippen LogP contribution in [0.25, 0.3) is 0 Å². The summed E-state index contributed by atoms with van der Waals surface area (Å²) in [6.07, 6.45) is -5.02. The molecule has 0 aliphatic heterocycles. The number of aromatic nitrogens is 3. The van der Waals surface area contributed by atoms with Crippen molar-refractivity contribution in [2.75, 3.05) is 20.7 Å². The molecule has 0 spiro atoms. The molecule has 1 aromatic heterocycles. The molecule has 0 aromatic carbocycles. The van der Waals surface area contributed by atoms with Crippen molar-refractivity contribution in [3.05, 3.63) is 11.4 Å². The Kier molecular flexibility index (Phi) is 5.28. The second kappa shape index (κ2) is 6.55. The largest absolute Gasteiger partial charge is 0.461 e. The third-order valence-electron chi connectivity index (χ3n) is 2.51. The quantitative estimate of drug-likeness (QED) is 0.757. The molecule has 0 bridgehead atoms. The third kappa shape index (κ3) is 4.17. The second-order valence-corrected chi connectivity index (χ2v) is 4.27. The van der Waals surface area contributed by atoms with Gasteiger partial charge in [0.1, 0.15) is 0 Å². The van der Waals surface area contributed by atoms with Gasteiger partial charge in [0, 0.05) is 20.5 Å². The fourth-order valence-corrected chi connectivity index (χ4v) is 1.51. The standard InChI is InChI=1S/C11H15F3N4O3/c1-4-21-10(20)8-9(11(12,13)14)18(16-15-8)6-5-7(19)17(2)3/h4-6H2,1-3H3. The van der Waals surface area contributed by atoms with Gasteiger partial charge in [0.25, 0.3) is 0 Å². The van der Waals surface area contributed by atoms with E-state index in [1.165, 1.54) is 25.9 Å². The van der Waals surface area contributed by atoms with Gasteiger partial charge < -0.3 is 9.64 Å². The Morgan fingerprint density at radius 2 is 1.95 bits per heavy atom. The van der Waals surface area contributed by atoms with E-state index in [2.05, 4.69) is 15.0 Å². The van der Waals surface area contributed by atoms with E-state index in [1.807, 2.05) is 0 Å². The zero-order valence-electron chi connectivity index (χ0n) is 11.8. The van der Waals surface area contributed by atoms with Gasteiger partial charge in [-0.15, -0.1) is 5.10 Å². The molecule has 1 aromatic rings. The number of amides is 1. The Morgan fingerprint density at radius 1 is 1.33 bits per heavy atom. The predicted octanol–water partition coefficient (Wildman–Crippen LogP) is 0.952. The normalized spacial score (nSPS) is 11.3. The van der Waals surface area contributed by atoms with Crippen molar-refractivity contribution in [1.82, 2.24) is 19.9 Å². The highest BCUT2D eigenvalue weighted by Crippen LogP contribution is 2.31. The minimum absolute atomic E-state index is 0.0812. The summed E-state index contributed by atoms with van der Waals surface area (Å²) in [7, 11) is 2.97. The summed E-state index contributed by atoms with van der Waals surface area (Å²) >= 11 is 0. The van der Waals surface area contributed by atoms with E-state index in [0.29, 0.717) is 4.68 Å². The van der Waals surface area contributed by atoms with Crippen LogP contribution in [0.4, 0.5) is 13.2 Å². The van der Waals surface area contributed by atoms with Gasteiger partial charge in [-0.2, -0.15) is 13.2 Å². The van der Waals surface area contributed by atoms with Crippen LogP contribution in [0, 0.1) is 0 Å². The van der Waals surface area contributed by atoms with Gasteiger partial charge in [0.15, 0.2) is 5.69 Å². The van der Waals surface area contributed by atoms with Gasteiger partial charge in [-0.1, -0.05) is 5.21 Å². The number of hydrogen-bond acceptors (Lipinski definition) is 5. The summed E-state index contributed by atoms with van der Waals surface area (Å²) in [6.45, 7) is 1.05. The highest BCUT2D eigenvalue weighted by atomic mass is 19.4. The van der Waals surface area contributed by atoms with E-state index < -0.39 is 23.5 Å². The first-order valence-corrected chi connectivity index (χ1v) is 6.06. The lowest BCUT2D eigenvalue weighted by Gasteiger charge is -2.12. The Labute approximate surface area is 118 Å². The summed E-state index contributed by atoms with van der Waals surface area (Å²) in [4.78, 5) is 24.1. The van der Waals surface area contributed by atoms with Crippen LogP contribution in [0.1, 0.15) is 29.5 Å². The molecule has 7 nitrogen and oxygen atoms in total. The summed E-state index contributed by atoms with van der Waals surface area (Å²) < 4.78 is 44.1. The molecule has 0 aliphatic carbocycles. The lowest BCUT2D eigenvalue weighted by atomic mass is 10.3. The van der Waals surface area contributed by atoms with Crippen molar-refractivity contribution in [2.45, 2.75) is 26.1 Å². The highest BCUT2D eigenvalue weighted by molar-refractivity contribution is 5.88. The molecule has 1 rings (SSSR count). The highest BCUT2D eigenvalue weighted by Gasteiger charge is 2.42. The van der Waals surface area contributed by atoms with E-state index in [0.717, 1.165) is 0 Å². The Hall–Kier alpha value is -2.13. The summed E-state index contributed by atoms with van der Waals surface area (Å²) in [5, 5.41) is 6.51. The number of halogens is 3. The predicted molar refractivity (Wildman–Crippen MR) is 64.3 cm³/mol. The van der Waals surface area contributed by atoms with E-state index in [1.54, 1.807) is 0 Å². The molecule has 0 N–H and O–H groups in total. The smallest absolute Gasteiger partial charge is 0.435 e. The van der Waals surface area contributed by atoms with Crippen molar-refractivity contribution < 1.29 is 27.5 Å². The van der Waals surface area contributed by atoms with Gasteiger partial charge in [0.05, 0.1) is 13.2 Å². The van der Waals surface area contributed by atoms with Crippen LogP contribution in [0.15, 0.2) is 0 Å². The molecule has 0 atom stereocenters. The second-order valence-electron chi connectivity index (χ2n) is 4.27. The van der Waals surface area contributed by atoms with E-state index in [9.17, 15) is 22.8 Å². The molecule has 0 saturated carbocycles. The maximum atomic E-state index is 13.0. The molecule has 21 heavy (non-hydrogen) atoms. The van der Waals surface area contributed by atoms with Crippen LogP contribution >= 0.6 is 0 Å². The monoisotopic (exact) mass is 308 g/mol. The molecule has 10 heteroatoms. The Morgan fingerprint density at radius 3 is 2.43 bits per heavy atom. The van der Waals surface area contributed by atoms with Crippen molar-refractivity contribution in [2.24, 2.45) is 0 Å². The molecular weight excluding hydrogens is 293 g/mol. The van der Waals surface area contributed by atoms with Gasteiger partial charge >= 0.3 is 12.1 Å². The minimum Gasteiger partial charge on any atom is -0.461 e. The number of hydrogen-bond donors (Lipinski definition) is 0. The van der Waals surface area contributed by atoms with Crippen molar-refractivity contribution in [1.29, 1.82) is 0 Å². The number of carbonyl (C=O) groups is 2. The number of ether oxygens (including phenoxy) is 1. The molecule has 0 aliphatic rings. The lowest BCUT2D eigenvalue weighted by molar-refractivity contribution is -0.145. The van der Waals surface area contributed by atoms with Crippen LogP contribution in [-0.4, -0.2) is 52.5 Å². The molecule has 1 amide bonds. The van der Waals surface area contributed by atoms with E-state index in [4.69, 9.17) is 0 Å². The first kappa shape index (κ1) is 16.9. The maximum absolute atomic E-state index is 13.0. The fraction of sp³-hybridized carbons (Fsp3) is 0.636. The number of rotatable bonds is 5. The van der Waals surface area contributed by atoms with Crippen LogP contribution < -0.4 is 0 Å². The number of nitrogens with zero attached hydrogens (tertiary/aromatic N) is 4. The molecule has 0 saturated heterocycles. The van der Waals surface area contributed by atoms with E-state index in [-0.39, 0.29) is 25.5 Å². The van der Waals surface area contributed by atoms with Crippen LogP contribution in [0.5, 0.6) is 0 Å².